The van der Waals surface area contributed by atoms with E-state index < -0.39 is 0 Å². The number of carbonyl (C=O) groups is 1. The lowest BCUT2D eigenvalue weighted by Gasteiger charge is -2.46. The largest absolute Gasteiger partial charge is 0.489 e. The molecule has 1 fully saturated rings. The fraction of sp³-hybridized carbons (Fsp3) is 0.458. The highest BCUT2D eigenvalue weighted by Gasteiger charge is 2.38. The van der Waals surface area contributed by atoms with E-state index in [1.807, 2.05) is 54.6 Å². The zero-order chi connectivity index (χ0) is 19.5. The third-order valence-corrected chi connectivity index (χ3v) is 5.17. The Balaban J connectivity index is 1.57. The van der Waals surface area contributed by atoms with Crippen LogP contribution in [-0.2, 0) is 6.61 Å². The number of para-hydroxylation sites is 1. The second kappa shape index (κ2) is 7.85. The summed E-state index contributed by atoms with van der Waals surface area (Å²) < 4.78 is 5.77. The molecule has 0 atom stereocenters. The highest BCUT2D eigenvalue weighted by molar-refractivity contribution is 5.96. The summed E-state index contributed by atoms with van der Waals surface area (Å²) in [5.41, 5.74) is 2.02. The maximum Gasteiger partial charge on any atom is 0.163 e. The normalized spacial score (nSPS) is 18.8. The van der Waals surface area contributed by atoms with Crippen LogP contribution in [0.2, 0.25) is 0 Å². The highest BCUT2D eigenvalue weighted by Crippen LogP contribution is 2.35. The van der Waals surface area contributed by atoms with Crippen molar-refractivity contribution in [2.24, 2.45) is 5.92 Å². The number of carbonyl (C=O) groups excluding carboxylic acids is 1. The first-order valence-electron chi connectivity index (χ1n) is 9.82. The predicted molar refractivity (Wildman–Crippen MR) is 110 cm³/mol. The molecule has 27 heavy (non-hydrogen) atoms. The van der Waals surface area contributed by atoms with Gasteiger partial charge in [0, 0.05) is 23.1 Å². The van der Waals surface area contributed by atoms with Gasteiger partial charge in [-0.25, -0.2) is 0 Å². The fourth-order valence-corrected chi connectivity index (χ4v) is 4.53. The molecule has 1 aliphatic rings. The molecule has 144 valence electrons. The molecular formula is C24H31NO2. The van der Waals surface area contributed by atoms with Crippen LogP contribution in [0.1, 0.15) is 62.9 Å². The number of Topliss-reactive ketones (excluding diaryl/α,β-unsaturated/α-hetero) is 1. The second-order valence-corrected chi connectivity index (χ2v) is 9.09. The van der Waals surface area contributed by atoms with Crippen LogP contribution < -0.4 is 10.1 Å². The Kier molecular flexibility index (Phi) is 5.71. The molecule has 0 spiro atoms. The van der Waals surface area contributed by atoms with E-state index in [0.717, 1.165) is 29.7 Å². The zero-order valence-corrected chi connectivity index (χ0v) is 16.9. The molecule has 1 aliphatic heterocycles. The van der Waals surface area contributed by atoms with Gasteiger partial charge in [0.05, 0.1) is 0 Å². The Labute approximate surface area is 163 Å². The Bertz CT molecular complexity index is 747. The summed E-state index contributed by atoms with van der Waals surface area (Å²) >= 11 is 0. The molecule has 3 nitrogen and oxygen atoms in total. The Morgan fingerprint density at radius 2 is 1.56 bits per heavy atom. The van der Waals surface area contributed by atoms with E-state index in [2.05, 4.69) is 33.0 Å². The quantitative estimate of drug-likeness (QED) is 0.697. The molecule has 2 aromatic rings. The third kappa shape index (κ3) is 5.67. The maximum absolute atomic E-state index is 12.8. The van der Waals surface area contributed by atoms with Crippen LogP contribution in [-0.4, -0.2) is 16.9 Å². The average Bonchev–Trinajstić information content (AvgIpc) is 2.58. The number of ether oxygens (including phenoxy) is 1. The molecule has 0 saturated carbocycles. The van der Waals surface area contributed by atoms with Gasteiger partial charge in [0.15, 0.2) is 5.78 Å². The summed E-state index contributed by atoms with van der Waals surface area (Å²) in [7, 11) is 0. The van der Waals surface area contributed by atoms with Gasteiger partial charge >= 0.3 is 0 Å². The molecule has 1 heterocycles. The van der Waals surface area contributed by atoms with Crippen LogP contribution in [0.3, 0.4) is 0 Å². The molecule has 1 saturated heterocycles. The number of nitrogens with one attached hydrogen (secondary N) is 1. The molecule has 0 bridgehead atoms. The Morgan fingerprint density at radius 3 is 2.15 bits per heavy atom. The van der Waals surface area contributed by atoms with Gasteiger partial charge in [0.25, 0.3) is 0 Å². The maximum atomic E-state index is 12.8. The molecule has 3 rings (SSSR count). The number of piperidine rings is 1. The SMILES string of the molecule is CC1(C)CC(CC(=O)c2ccc(COc3ccccc3)cc2)CC(C)(C)N1. The summed E-state index contributed by atoms with van der Waals surface area (Å²) in [4.78, 5) is 12.8. The average molecular weight is 366 g/mol. The van der Waals surface area contributed by atoms with Gasteiger partial charge in [0.1, 0.15) is 12.4 Å². The van der Waals surface area contributed by atoms with E-state index in [1.54, 1.807) is 0 Å². The van der Waals surface area contributed by atoms with E-state index in [-0.39, 0.29) is 16.9 Å². The van der Waals surface area contributed by atoms with Gasteiger partial charge < -0.3 is 10.1 Å². The van der Waals surface area contributed by atoms with Gasteiger partial charge in [-0.15, -0.1) is 0 Å². The summed E-state index contributed by atoms with van der Waals surface area (Å²) in [6, 6.07) is 17.6. The van der Waals surface area contributed by atoms with Crippen molar-refractivity contribution in [2.45, 2.75) is 64.6 Å². The van der Waals surface area contributed by atoms with Crippen LogP contribution in [0, 0.1) is 5.92 Å². The molecule has 0 aliphatic carbocycles. The van der Waals surface area contributed by atoms with Crippen molar-refractivity contribution < 1.29 is 9.53 Å². The van der Waals surface area contributed by atoms with Crippen molar-refractivity contribution in [1.29, 1.82) is 0 Å². The molecule has 0 unspecified atom stereocenters. The number of benzene rings is 2. The number of hydrogen-bond donors (Lipinski definition) is 1. The number of ketones is 1. The van der Waals surface area contributed by atoms with Crippen molar-refractivity contribution >= 4 is 5.78 Å². The van der Waals surface area contributed by atoms with Gasteiger partial charge in [-0.1, -0.05) is 42.5 Å². The van der Waals surface area contributed by atoms with Crippen molar-refractivity contribution in [3.63, 3.8) is 0 Å². The summed E-state index contributed by atoms with van der Waals surface area (Å²) in [6.07, 6.45) is 2.69. The lowest BCUT2D eigenvalue weighted by molar-refractivity contribution is 0.0864. The van der Waals surface area contributed by atoms with Crippen LogP contribution in [0.5, 0.6) is 5.75 Å². The van der Waals surface area contributed by atoms with Crippen LogP contribution in [0.4, 0.5) is 0 Å². The third-order valence-electron chi connectivity index (χ3n) is 5.17. The minimum atomic E-state index is 0.0747. The van der Waals surface area contributed by atoms with Crippen molar-refractivity contribution in [3.8, 4) is 5.75 Å². The summed E-state index contributed by atoms with van der Waals surface area (Å²) in [5.74, 6) is 1.52. The molecule has 2 aromatic carbocycles. The second-order valence-electron chi connectivity index (χ2n) is 9.09. The van der Waals surface area contributed by atoms with E-state index in [0.29, 0.717) is 18.9 Å². The van der Waals surface area contributed by atoms with Crippen molar-refractivity contribution in [2.75, 3.05) is 0 Å². The molecule has 1 N–H and O–H groups in total. The first-order chi connectivity index (χ1) is 12.7. The minimum absolute atomic E-state index is 0.0747. The topological polar surface area (TPSA) is 38.3 Å². The van der Waals surface area contributed by atoms with Gasteiger partial charge in [-0.05, 0) is 64.2 Å². The molecule has 0 amide bonds. The fourth-order valence-electron chi connectivity index (χ4n) is 4.53. The number of rotatable bonds is 6. The minimum Gasteiger partial charge on any atom is -0.489 e. The van der Waals surface area contributed by atoms with E-state index in [4.69, 9.17) is 4.74 Å². The molecule has 3 heteroatoms. The van der Waals surface area contributed by atoms with Crippen LogP contribution in [0.25, 0.3) is 0 Å². The van der Waals surface area contributed by atoms with Gasteiger partial charge in [0.2, 0.25) is 0 Å². The smallest absolute Gasteiger partial charge is 0.163 e. The standard InChI is InChI=1S/C24H31NO2/c1-23(2)15-19(16-24(3,4)25-23)14-22(26)20-12-10-18(11-13-20)17-27-21-8-6-5-7-9-21/h5-13,19,25H,14-17H2,1-4H3. The summed E-state index contributed by atoms with van der Waals surface area (Å²) in [5, 5.41) is 3.68. The predicted octanol–water partition coefficient (Wildman–Crippen LogP) is 5.40. The molecule has 0 radical (unpaired) electrons. The molecular weight excluding hydrogens is 334 g/mol. The highest BCUT2D eigenvalue weighted by atomic mass is 16.5. The lowest BCUT2D eigenvalue weighted by atomic mass is 9.74. The zero-order valence-electron chi connectivity index (χ0n) is 16.9. The lowest BCUT2D eigenvalue weighted by Crippen LogP contribution is -2.57. The van der Waals surface area contributed by atoms with E-state index in [9.17, 15) is 4.79 Å². The monoisotopic (exact) mass is 365 g/mol. The van der Waals surface area contributed by atoms with E-state index in [1.165, 1.54) is 0 Å². The Hall–Kier alpha value is -2.13. The van der Waals surface area contributed by atoms with Crippen LogP contribution >= 0.6 is 0 Å². The van der Waals surface area contributed by atoms with Gasteiger partial charge in [-0.2, -0.15) is 0 Å². The first-order valence-corrected chi connectivity index (χ1v) is 9.82. The summed E-state index contributed by atoms with van der Waals surface area (Å²) in [6.45, 7) is 9.43. The first kappa shape index (κ1) is 19.6. The van der Waals surface area contributed by atoms with E-state index >= 15 is 0 Å². The number of hydrogen-bond acceptors (Lipinski definition) is 3. The van der Waals surface area contributed by atoms with Crippen molar-refractivity contribution in [1.82, 2.24) is 5.32 Å². The van der Waals surface area contributed by atoms with Crippen LogP contribution in [0.15, 0.2) is 54.6 Å². The molecule has 0 aromatic heterocycles. The Morgan fingerprint density at radius 1 is 0.963 bits per heavy atom. The van der Waals surface area contributed by atoms with Gasteiger partial charge in [-0.3, -0.25) is 4.79 Å². The van der Waals surface area contributed by atoms with Crippen molar-refractivity contribution in [3.05, 3.63) is 65.7 Å².